The highest BCUT2D eigenvalue weighted by molar-refractivity contribution is 5.85. The Bertz CT molecular complexity index is 465. The van der Waals surface area contributed by atoms with Gasteiger partial charge in [0, 0.05) is 32.2 Å². The number of ether oxygens (including phenoxy) is 2. The highest BCUT2D eigenvalue weighted by Gasteiger charge is 2.25. The molecule has 1 atom stereocenters. The van der Waals surface area contributed by atoms with Crippen molar-refractivity contribution >= 4 is 24.8 Å². The first kappa shape index (κ1) is 19.4. The quantitative estimate of drug-likeness (QED) is 0.905. The van der Waals surface area contributed by atoms with Crippen LogP contribution in [0.5, 0.6) is 11.5 Å². The summed E-state index contributed by atoms with van der Waals surface area (Å²) in [5.74, 6) is 2.45. The number of hydrogen-bond donors (Lipinski definition) is 1. The lowest BCUT2D eigenvalue weighted by atomic mass is 9.94. The molecule has 0 amide bonds. The number of piperazine rings is 1. The number of benzene rings is 1. The molecule has 4 nitrogen and oxygen atoms in total. The molecule has 0 unspecified atom stereocenters. The van der Waals surface area contributed by atoms with Crippen molar-refractivity contribution < 1.29 is 9.47 Å². The van der Waals surface area contributed by atoms with Crippen LogP contribution in [0.4, 0.5) is 0 Å². The number of halogens is 2. The Hall–Kier alpha value is -0.680. The van der Waals surface area contributed by atoms with Crippen LogP contribution in [0.2, 0.25) is 0 Å². The Morgan fingerprint density at radius 3 is 2.45 bits per heavy atom. The molecule has 2 heterocycles. The smallest absolute Gasteiger partial charge is 0.231 e. The molecule has 6 heteroatoms. The lowest BCUT2D eigenvalue weighted by molar-refractivity contribution is 0.153. The van der Waals surface area contributed by atoms with Crippen molar-refractivity contribution in [3.8, 4) is 11.5 Å². The van der Waals surface area contributed by atoms with Crippen molar-refractivity contribution in [2.75, 3.05) is 33.0 Å². The molecule has 1 aromatic carbocycles. The minimum absolute atomic E-state index is 0. The molecule has 1 fully saturated rings. The molecule has 126 valence electrons. The van der Waals surface area contributed by atoms with Gasteiger partial charge in [-0.25, -0.2) is 0 Å². The molecular weight excluding hydrogens is 323 g/mol. The van der Waals surface area contributed by atoms with Crippen LogP contribution >= 0.6 is 24.8 Å². The van der Waals surface area contributed by atoms with E-state index in [9.17, 15) is 0 Å². The fourth-order valence-corrected chi connectivity index (χ4v) is 3.06. The fourth-order valence-electron chi connectivity index (χ4n) is 3.06. The van der Waals surface area contributed by atoms with Crippen LogP contribution in [-0.2, 0) is 0 Å². The summed E-state index contributed by atoms with van der Waals surface area (Å²) in [5, 5.41) is 3.43. The van der Waals surface area contributed by atoms with Gasteiger partial charge >= 0.3 is 0 Å². The van der Waals surface area contributed by atoms with Gasteiger partial charge in [0.25, 0.3) is 0 Å². The Kier molecular flexibility index (Phi) is 7.77. The Morgan fingerprint density at radius 1 is 1.09 bits per heavy atom. The molecule has 1 aromatic rings. The van der Waals surface area contributed by atoms with E-state index in [1.165, 1.54) is 12.0 Å². The van der Waals surface area contributed by atoms with E-state index in [-0.39, 0.29) is 24.8 Å². The lowest BCUT2D eigenvalue weighted by Gasteiger charge is -2.36. The average molecular weight is 349 g/mol. The van der Waals surface area contributed by atoms with Crippen molar-refractivity contribution in [2.24, 2.45) is 5.92 Å². The SMILES string of the molecule is CC(C)C[C@H](c1ccc2c(c1)OCO2)N1CCNCC1.Cl.Cl. The van der Waals surface area contributed by atoms with Gasteiger partial charge in [-0.15, -0.1) is 24.8 Å². The van der Waals surface area contributed by atoms with Crippen LogP contribution < -0.4 is 14.8 Å². The molecule has 3 rings (SSSR count). The van der Waals surface area contributed by atoms with Crippen molar-refractivity contribution in [3.63, 3.8) is 0 Å². The third kappa shape index (κ3) is 4.42. The molecule has 2 aliphatic rings. The molecular formula is C16H26Cl2N2O2. The average Bonchev–Trinajstić information content (AvgIpc) is 2.93. The van der Waals surface area contributed by atoms with Gasteiger partial charge in [0.15, 0.2) is 11.5 Å². The Labute approximate surface area is 145 Å². The second-order valence-corrected chi connectivity index (χ2v) is 6.04. The first-order valence-electron chi connectivity index (χ1n) is 7.58. The van der Waals surface area contributed by atoms with Gasteiger partial charge in [-0.05, 0) is 30.0 Å². The molecule has 0 aliphatic carbocycles. The number of fused-ring (bicyclic) bond motifs is 1. The van der Waals surface area contributed by atoms with Crippen molar-refractivity contribution in [1.82, 2.24) is 10.2 Å². The van der Waals surface area contributed by atoms with E-state index in [4.69, 9.17) is 9.47 Å². The molecule has 0 bridgehead atoms. The van der Waals surface area contributed by atoms with E-state index in [1.807, 2.05) is 6.07 Å². The molecule has 0 aromatic heterocycles. The minimum Gasteiger partial charge on any atom is -0.454 e. The lowest BCUT2D eigenvalue weighted by Crippen LogP contribution is -2.45. The summed E-state index contributed by atoms with van der Waals surface area (Å²) >= 11 is 0. The zero-order valence-electron chi connectivity index (χ0n) is 13.2. The number of hydrogen-bond acceptors (Lipinski definition) is 4. The van der Waals surface area contributed by atoms with Crippen LogP contribution in [0, 0.1) is 5.92 Å². The number of nitrogens with one attached hydrogen (secondary N) is 1. The molecule has 2 aliphatic heterocycles. The van der Waals surface area contributed by atoms with Gasteiger partial charge in [0.1, 0.15) is 0 Å². The topological polar surface area (TPSA) is 33.7 Å². The second kappa shape index (κ2) is 8.82. The van der Waals surface area contributed by atoms with Gasteiger partial charge < -0.3 is 14.8 Å². The van der Waals surface area contributed by atoms with E-state index in [1.54, 1.807) is 0 Å². The summed E-state index contributed by atoms with van der Waals surface area (Å²) in [6.45, 7) is 9.33. The first-order valence-corrected chi connectivity index (χ1v) is 7.58. The van der Waals surface area contributed by atoms with Gasteiger partial charge in [0.05, 0.1) is 0 Å². The fraction of sp³-hybridized carbons (Fsp3) is 0.625. The third-order valence-electron chi connectivity index (χ3n) is 4.07. The monoisotopic (exact) mass is 348 g/mol. The molecule has 0 spiro atoms. The molecule has 1 N–H and O–H groups in total. The van der Waals surface area contributed by atoms with Crippen LogP contribution in [0.3, 0.4) is 0 Å². The third-order valence-corrected chi connectivity index (χ3v) is 4.07. The van der Waals surface area contributed by atoms with Crippen LogP contribution in [0.25, 0.3) is 0 Å². The predicted molar refractivity (Wildman–Crippen MR) is 93.7 cm³/mol. The highest BCUT2D eigenvalue weighted by atomic mass is 35.5. The predicted octanol–water partition coefficient (Wildman–Crippen LogP) is 3.25. The van der Waals surface area contributed by atoms with E-state index < -0.39 is 0 Å². The molecule has 0 saturated carbocycles. The van der Waals surface area contributed by atoms with Crippen molar-refractivity contribution in [3.05, 3.63) is 23.8 Å². The Morgan fingerprint density at radius 2 is 1.77 bits per heavy atom. The minimum atomic E-state index is 0. The second-order valence-electron chi connectivity index (χ2n) is 6.04. The van der Waals surface area contributed by atoms with E-state index in [2.05, 4.69) is 36.2 Å². The summed E-state index contributed by atoms with van der Waals surface area (Å²) in [5.41, 5.74) is 1.35. The van der Waals surface area contributed by atoms with Crippen LogP contribution in [0.15, 0.2) is 18.2 Å². The van der Waals surface area contributed by atoms with Crippen LogP contribution in [0.1, 0.15) is 31.9 Å². The largest absolute Gasteiger partial charge is 0.454 e. The normalized spacial score (nSPS) is 18.5. The molecule has 1 saturated heterocycles. The number of rotatable bonds is 4. The zero-order valence-corrected chi connectivity index (χ0v) is 14.8. The standard InChI is InChI=1S/C16H24N2O2.2ClH/c1-12(2)9-14(18-7-5-17-6-8-18)13-3-4-15-16(10-13)20-11-19-15;;/h3-4,10,12,14,17H,5-9,11H2,1-2H3;2*1H/t14-;;/m1../s1. The van der Waals surface area contributed by atoms with Crippen molar-refractivity contribution in [1.29, 1.82) is 0 Å². The van der Waals surface area contributed by atoms with E-state index >= 15 is 0 Å². The van der Waals surface area contributed by atoms with E-state index in [0.29, 0.717) is 18.8 Å². The zero-order chi connectivity index (χ0) is 13.9. The summed E-state index contributed by atoms with van der Waals surface area (Å²) in [6.07, 6.45) is 1.18. The number of nitrogens with zero attached hydrogens (tertiary/aromatic N) is 1. The maximum Gasteiger partial charge on any atom is 0.231 e. The summed E-state index contributed by atoms with van der Waals surface area (Å²) < 4.78 is 10.9. The summed E-state index contributed by atoms with van der Waals surface area (Å²) in [6, 6.07) is 6.89. The molecule has 22 heavy (non-hydrogen) atoms. The van der Waals surface area contributed by atoms with E-state index in [0.717, 1.165) is 37.7 Å². The van der Waals surface area contributed by atoms with Gasteiger partial charge in [-0.2, -0.15) is 0 Å². The maximum atomic E-state index is 5.53. The van der Waals surface area contributed by atoms with Gasteiger partial charge in [0.2, 0.25) is 6.79 Å². The summed E-state index contributed by atoms with van der Waals surface area (Å²) in [7, 11) is 0. The first-order chi connectivity index (χ1) is 9.74. The highest BCUT2D eigenvalue weighted by Crippen LogP contribution is 2.37. The maximum absolute atomic E-state index is 5.53. The van der Waals surface area contributed by atoms with Crippen molar-refractivity contribution in [2.45, 2.75) is 26.3 Å². The summed E-state index contributed by atoms with van der Waals surface area (Å²) in [4.78, 5) is 2.59. The Balaban J connectivity index is 0.00000121. The van der Waals surface area contributed by atoms with Gasteiger partial charge in [-0.1, -0.05) is 19.9 Å². The molecule has 0 radical (unpaired) electrons. The van der Waals surface area contributed by atoms with Crippen LogP contribution in [-0.4, -0.2) is 37.9 Å². The van der Waals surface area contributed by atoms with Gasteiger partial charge in [-0.3, -0.25) is 4.90 Å².